The fourth-order valence-corrected chi connectivity index (χ4v) is 2.09. The van der Waals surface area contributed by atoms with Crippen molar-refractivity contribution in [1.82, 2.24) is 5.32 Å². The van der Waals surface area contributed by atoms with Crippen molar-refractivity contribution in [2.75, 3.05) is 11.9 Å². The Labute approximate surface area is 127 Å². The van der Waals surface area contributed by atoms with Crippen LogP contribution in [0.15, 0.2) is 24.3 Å². The lowest BCUT2D eigenvalue weighted by atomic mass is 10.3. The zero-order chi connectivity index (χ0) is 16.1. The van der Waals surface area contributed by atoms with E-state index in [1.165, 1.54) is 18.2 Å². The maximum absolute atomic E-state index is 12.1. The van der Waals surface area contributed by atoms with Crippen molar-refractivity contribution in [3.8, 4) is 5.75 Å². The zero-order valence-electron chi connectivity index (χ0n) is 12.1. The number of nitrogens with one attached hydrogen (secondary N) is 2. The molecule has 2 N–H and O–H groups in total. The molecule has 22 heavy (non-hydrogen) atoms. The highest BCUT2D eigenvalue weighted by Gasteiger charge is 2.38. The topological polar surface area (TPSA) is 67.4 Å². The fraction of sp³-hybridized carbons (Fsp3) is 0.467. The maximum atomic E-state index is 12.1. The molecule has 2 atom stereocenters. The molecule has 2 rings (SSSR count). The van der Waals surface area contributed by atoms with Crippen LogP contribution < -0.4 is 15.4 Å². The first-order chi connectivity index (χ1) is 10.5. The van der Waals surface area contributed by atoms with Crippen LogP contribution in [-0.2, 0) is 9.59 Å². The molecule has 0 spiro atoms. The normalized spacial score (nSPS) is 19.6. The molecule has 7 heteroatoms. The lowest BCUT2D eigenvalue weighted by Gasteiger charge is -2.09. The van der Waals surface area contributed by atoms with Crippen LogP contribution in [0.25, 0.3) is 0 Å². The summed E-state index contributed by atoms with van der Waals surface area (Å²) in [6.45, 7) is -0.655. The molecular formula is C15H18F2N2O3. The minimum atomic E-state index is -2.91. The molecule has 0 aromatic heterocycles. The Morgan fingerprint density at radius 3 is 2.77 bits per heavy atom. The number of carbonyl (C=O) groups is 2. The van der Waals surface area contributed by atoms with Crippen LogP contribution in [0.3, 0.4) is 0 Å². The highest BCUT2D eigenvalue weighted by Crippen LogP contribution is 2.37. The summed E-state index contributed by atoms with van der Waals surface area (Å²) in [5.41, 5.74) is 0.366. The van der Waals surface area contributed by atoms with E-state index < -0.39 is 6.61 Å². The van der Waals surface area contributed by atoms with Gasteiger partial charge in [0.25, 0.3) is 0 Å². The summed E-state index contributed by atoms with van der Waals surface area (Å²) in [6.07, 6.45) is 1.02. The van der Waals surface area contributed by atoms with Gasteiger partial charge >= 0.3 is 6.61 Å². The number of anilines is 1. The van der Waals surface area contributed by atoms with E-state index in [9.17, 15) is 18.4 Å². The van der Waals surface area contributed by atoms with E-state index in [2.05, 4.69) is 15.4 Å². The number of hydrogen-bond donors (Lipinski definition) is 2. The van der Waals surface area contributed by atoms with Gasteiger partial charge in [0.2, 0.25) is 11.8 Å². The van der Waals surface area contributed by atoms with Crippen LogP contribution in [-0.4, -0.2) is 25.0 Å². The Hall–Kier alpha value is -2.18. The third kappa shape index (κ3) is 4.98. The van der Waals surface area contributed by atoms with Gasteiger partial charge < -0.3 is 15.4 Å². The maximum Gasteiger partial charge on any atom is 0.387 e. The van der Waals surface area contributed by atoms with Gasteiger partial charge in [-0.3, -0.25) is 9.59 Å². The molecule has 0 unspecified atom stereocenters. The second-order valence-electron chi connectivity index (χ2n) is 5.32. The number of amides is 2. The SMILES string of the molecule is C[C@@H]1C[C@@H]1C(=O)NCCC(=O)Nc1cccc(OC(F)F)c1. The number of carbonyl (C=O) groups excluding carboxylic acids is 2. The van der Waals surface area contributed by atoms with Crippen molar-refractivity contribution in [3.05, 3.63) is 24.3 Å². The lowest BCUT2D eigenvalue weighted by molar-refractivity contribution is -0.122. The first kappa shape index (κ1) is 16.2. The van der Waals surface area contributed by atoms with E-state index in [1.54, 1.807) is 6.07 Å². The third-order valence-corrected chi connectivity index (χ3v) is 3.44. The monoisotopic (exact) mass is 312 g/mol. The summed E-state index contributed by atoms with van der Waals surface area (Å²) in [5.74, 6) is 0.146. The average Bonchev–Trinajstić information content (AvgIpc) is 3.15. The Morgan fingerprint density at radius 1 is 1.41 bits per heavy atom. The van der Waals surface area contributed by atoms with E-state index in [1.807, 2.05) is 6.92 Å². The molecule has 1 aliphatic carbocycles. The largest absolute Gasteiger partial charge is 0.435 e. The molecule has 0 radical (unpaired) electrons. The van der Waals surface area contributed by atoms with E-state index in [4.69, 9.17) is 0 Å². The summed E-state index contributed by atoms with van der Waals surface area (Å²) < 4.78 is 28.5. The summed E-state index contributed by atoms with van der Waals surface area (Å²) in [5, 5.41) is 5.27. The quantitative estimate of drug-likeness (QED) is 0.812. The van der Waals surface area contributed by atoms with Gasteiger partial charge in [0, 0.05) is 30.6 Å². The van der Waals surface area contributed by atoms with Crippen molar-refractivity contribution in [1.29, 1.82) is 0 Å². The number of alkyl halides is 2. The predicted octanol–water partition coefficient (Wildman–Crippen LogP) is 2.39. The lowest BCUT2D eigenvalue weighted by Crippen LogP contribution is -2.29. The van der Waals surface area contributed by atoms with Gasteiger partial charge in [-0.05, 0) is 24.5 Å². The second kappa shape index (κ2) is 7.20. The molecule has 2 amide bonds. The molecule has 1 fully saturated rings. The highest BCUT2D eigenvalue weighted by molar-refractivity contribution is 5.91. The third-order valence-electron chi connectivity index (χ3n) is 3.44. The van der Waals surface area contributed by atoms with Gasteiger partial charge in [-0.2, -0.15) is 8.78 Å². The molecule has 5 nitrogen and oxygen atoms in total. The Kier molecular flexibility index (Phi) is 5.30. The van der Waals surface area contributed by atoms with Crippen LogP contribution >= 0.6 is 0 Å². The summed E-state index contributed by atoms with van der Waals surface area (Å²) in [4.78, 5) is 23.3. The molecule has 0 saturated heterocycles. The number of halogens is 2. The van der Waals surface area contributed by atoms with Crippen LogP contribution in [0, 0.1) is 11.8 Å². The van der Waals surface area contributed by atoms with E-state index >= 15 is 0 Å². The molecule has 120 valence electrons. The van der Waals surface area contributed by atoms with Gasteiger partial charge in [0.05, 0.1) is 0 Å². The van der Waals surface area contributed by atoms with E-state index in [0.717, 1.165) is 6.42 Å². The van der Waals surface area contributed by atoms with Crippen molar-refractivity contribution < 1.29 is 23.1 Å². The highest BCUT2D eigenvalue weighted by atomic mass is 19.3. The van der Waals surface area contributed by atoms with Crippen LogP contribution in [0.5, 0.6) is 5.75 Å². The molecule has 1 aliphatic rings. The second-order valence-corrected chi connectivity index (χ2v) is 5.32. The summed E-state index contributed by atoms with van der Waals surface area (Å²) >= 11 is 0. The molecule has 0 heterocycles. The first-order valence-electron chi connectivity index (χ1n) is 7.08. The Balaban J connectivity index is 1.73. The minimum absolute atomic E-state index is 0.0207. The van der Waals surface area contributed by atoms with Crippen molar-refractivity contribution in [3.63, 3.8) is 0 Å². The van der Waals surface area contributed by atoms with Crippen LogP contribution in [0.4, 0.5) is 14.5 Å². The van der Waals surface area contributed by atoms with E-state index in [-0.39, 0.29) is 36.4 Å². The van der Waals surface area contributed by atoms with Crippen LogP contribution in [0.1, 0.15) is 19.8 Å². The summed E-state index contributed by atoms with van der Waals surface area (Å²) in [7, 11) is 0. The Morgan fingerprint density at radius 2 is 2.14 bits per heavy atom. The van der Waals surface area contributed by atoms with Crippen molar-refractivity contribution in [2.45, 2.75) is 26.4 Å². The van der Waals surface area contributed by atoms with Crippen molar-refractivity contribution in [2.24, 2.45) is 11.8 Å². The number of rotatable bonds is 7. The molecular weight excluding hydrogens is 294 g/mol. The molecule has 1 aromatic rings. The van der Waals surface area contributed by atoms with Crippen molar-refractivity contribution >= 4 is 17.5 Å². The standard InChI is InChI=1S/C15H18F2N2O3/c1-9-7-12(9)14(21)18-6-5-13(20)19-10-3-2-4-11(8-10)22-15(16)17/h2-4,8-9,12,15H,5-7H2,1H3,(H,18,21)(H,19,20)/t9-,12+/m1/s1. The van der Waals surface area contributed by atoms with Crippen LogP contribution in [0.2, 0.25) is 0 Å². The summed E-state index contributed by atoms with van der Waals surface area (Å²) in [6, 6.07) is 5.76. The molecule has 1 aromatic carbocycles. The molecule has 0 aliphatic heterocycles. The van der Waals surface area contributed by atoms with Gasteiger partial charge in [-0.1, -0.05) is 13.0 Å². The minimum Gasteiger partial charge on any atom is -0.435 e. The smallest absolute Gasteiger partial charge is 0.387 e. The molecule has 0 bridgehead atoms. The van der Waals surface area contributed by atoms with E-state index in [0.29, 0.717) is 11.6 Å². The predicted molar refractivity (Wildman–Crippen MR) is 76.6 cm³/mol. The zero-order valence-corrected chi connectivity index (χ0v) is 12.1. The average molecular weight is 312 g/mol. The van der Waals surface area contributed by atoms with Gasteiger partial charge in [-0.15, -0.1) is 0 Å². The van der Waals surface area contributed by atoms with Gasteiger partial charge in [-0.25, -0.2) is 0 Å². The fourth-order valence-electron chi connectivity index (χ4n) is 2.09. The molecule has 1 saturated carbocycles. The number of hydrogen-bond acceptors (Lipinski definition) is 3. The van der Waals surface area contributed by atoms with Gasteiger partial charge in [0.1, 0.15) is 5.75 Å². The number of benzene rings is 1. The van der Waals surface area contributed by atoms with Gasteiger partial charge in [0.15, 0.2) is 0 Å². The first-order valence-corrected chi connectivity index (χ1v) is 7.08. The Bertz CT molecular complexity index is 551. The number of ether oxygens (including phenoxy) is 1.